The summed E-state index contributed by atoms with van der Waals surface area (Å²) in [6.45, 7) is 0.742. The van der Waals surface area contributed by atoms with Crippen molar-refractivity contribution >= 4 is 29.8 Å². The van der Waals surface area contributed by atoms with E-state index in [4.69, 9.17) is 15.6 Å². The van der Waals surface area contributed by atoms with Crippen LogP contribution in [-0.2, 0) is 27.5 Å². The van der Waals surface area contributed by atoms with Crippen molar-refractivity contribution in [3.8, 4) is 0 Å². The van der Waals surface area contributed by atoms with Crippen molar-refractivity contribution in [1.82, 2.24) is 15.5 Å². The first kappa shape index (κ1) is 25.7. The molecule has 0 spiro atoms. The fourth-order valence-corrected chi connectivity index (χ4v) is 4.06. The SMILES string of the molecule is NC(=NC(=O)OCc1ccccc1)c1ccc(CNC(=O)[C@@H]2CCN2C(=O)[C@H](NC(=O)O)C2CC2)cc1. The van der Waals surface area contributed by atoms with E-state index in [9.17, 15) is 19.2 Å². The van der Waals surface area contributed by atoms with Crippen LogP contribution >= 0.6 is 0 Å². The van der Waals surface area contributed by atoms with Gasteiger partial charge in [-0.15, -0.1) is 0 Å². The summed E-state index contributed by atoms with van der Waals surface area (Å²) < 4.78 is 5.11. The molecule has 0 bridgehead atoms. The van der Waals surface area contributed by atoms with E-state index in [1.165, 1.54) is 4.90 Å². The summed E-state index contributed by atoms with van der Waals surface area (Å²) in [5, 5.41) is 14.1. The van der Waals surface area contributed by atoms with E-state index >= 15 is 0 Å². The second kappa shape index (κ2) is 11.5. The number of carbonyl (C=O) groups excluding carboxylic acids is 3. The Labute approximate surface area is 213 Å². The topological polar surface area (TPSA) is 163 Å². The largest absolute Gasteiger partial charge is 0.465 e. The zero-order valence-corrected chi connectivity index (χ0v) is 20.1. The zero-order valence-electron chi connectivity index (χ0n) is 20.1. The predicted octanol–water partition coefficient (Wildman–Crippen LogP) is 1.99. The average Bonchev–Trinajstić information content (AvgIpc) is 3.70. The quantitative estimate of drug-likeness (QED) is 0.298. The van der Waals surface area contributed by atoms with Crippen molar-refractivity contribution in [2.75, 3.05) is 6.54 Å². The number of hydrogen-bond donors (Lipinski definition) is 4. The Bertz CT molecular complexity index is 1180. The van der Waals surface area contributed by atoms with Crippen molar-refractivity contribution < 1.29 is 29.0 Å². The minimum absolute atomic E-state index is 0.00637. The van der Waals surface area contributed by atoms with Gasteiger partial charge in [-0.3, -0.25) is 9.59 Å². The maximum Gasteiger partial charge on any atom is 0.435 e. The van der Waals surface area contributed by atoms with Gasteiger partial charge in [0.05, 0.1) is 0 Å². The number of carbonyl (C=O) groups is 4. The number of nitrogens with one attached hydrogen (secondary N) is 2. The summed E-state index contributed by atoms with van der Waals surface area (Å²) in [7, 11) is 0. The van der Waals surface area contributed by atoms with Gasteiger partial charge in [-0.1, -0.05) is 54.6 Å². The fourth-order valence-electron chi connectivity index (χ4n) is 4.06. The van der Waals surface area contributed by atoms with Crippen molar-refractivity contribution in [3.63, 3.8) is 0 Å². The number of nitrogens with zero attached hydrogens (tertiary/aromatic N) is 2. The minimum Gasteiger partial charge on any atom is -0.465 e. The molecule has 5 N–H and O–H groups in total. The molecule has 194 valence electrons. The van der Waals surface area contributed by atoms with Gasteiger partial charge in [-0.2, -0.15) is 4.99 Å². The number of amidine groups is 1. The summed E-state index contributed by atoms with van der Waals surface area (Å²) in [5.74, 6) is -0.640. The summed E-state index contributed by atoms with van der Waals surface area (Å²) in [4.78, 5) is 53.7. The van der Waals surface area contributed by atoms with Gasteiger partial charge in [-0.05, 0) is 36.3 Å². The highest BCUT2D eigenvalue weighted by molar-refractivity contribution is 6.02. The van der Waals surface area contributed by atoms with E-state index in [1.807, 2.05) is 30.3 Å². The molecule has 0 radical (unpaired) electrons. The standard InChI is InChI=1S/C26H29N5O6/c27-22(30-26(36)37-15-17-4-2-1-3-5-17)19-8-6-16(7-9-19)14-28-23(32)20-12-13-31(20)24(33)21(18-10-11-18)29-25(34)35/h1-9,18,20-21,29H,10-15H2,(H,28,32)(H,34,35)(H2,27,30,36)/t20-,21+/m0/s1. The van der Waals surface area contributed by atoms with Crippen molar-refractivity contribution in [2.24, 2.45) is 16.6 Å². The van der Waals surface area contributed by atoms with E-state index in [0.29, 0.717) is 18.5 Å². The molecule has 1 aliphatic carbocycles. The lowest BCUT2D eigenvalue weighted by Crippen LogP contribution is -2.62. The molecule has 11 nitrogen and oxygen atoms in total. The molecule has 0 unspecified atom stereocenters. The van der Waals surface area contributed by atoms with Crippen molar-refractivity contribution in [1.29, 1.82) is 0 Å². The second-order valence-electron chi connectivity index (χ2n) is 9.05. The highest BCUT2D eigenvalue weighted by atomic mass is 16.5. The van der Waals surface area contributed by atoms with Crippen LogP contribution < -0.4 is 16.4 Å². The van der Waals surface area contributed by atoms with Gasteiger partial charge >= 0.3 is 12.2 Å². The number of hydrogen-bond acceptors (Lipinski definition) is 5. The highest BCUT2D eigenvalue weighted by Crippen LogP contribution is 2.34. The number of rotatable bonds is 9. The van der Waals surface area contributed by atoms with Gasteiger partial charge in [0.2, 0.25) is 11.8 Å². The molecular weight excluding hydrogens is 478 g/mol. The molecule has 1 saturated heterocycles. The van der Waals surface area contributed by atoms with Crippen LogP contribution in [0, 0.1) is 5.92 Å². The summed E-state index contributed by atoms with van der Waals surface area (Å²) in [6, 6.07) is 14.7. The minimum atomic E-state index is -1.25. The Hall–Kier alpha value is -4.41. The monoisotopic (exact) mass is 507 g/mol. The number of carboxylic acid groups (broad SMARTS) is 1. The lowest BCUT2D eigenvalue weighted by Gasteiger charge is -2.41. The lowest BCUT2D eigenvalue weighted by molar-refractivity contribution is -0.149. The third-order valence-corrected chi connectivity index (χ3v) is 6.38. The third-order valence-electron chi connectivity index (χ3n) is 6.38. The fraction of sp³-hybridized carbons (Fsp3) is 0.346. The Morgan fingerprint density at radius 3 is 2.32 bits per heavy atom. The molecule has 2 aromatic rings. The van der Waals surface area contributed by atoms with Crippen LogP contribution in [0.25, 0.3) is 0 Å². The van der Waals surface area contributed by atoms with E-state index in [1.54, 1.807) is 24.3 Å². The zero-order chi connectivity index (χ0) is 26.4. The van der Waals surface area contributed by atoms with Crippen LogP contribution in [0.2, 0.25) is 0 Å². The Morgan fingerprint density at radius 2 is 1.73 bits per heavy atom. The van der Waals surface area contributed by atoms with Crippen molar-refractivity contribution in [2.45, 2.75) is 44.5 Å². The van der Waals surface area contributed by atoms with Gasteiger partial charge < -0.3 is 31.1 Å². The molecule has 11 heteroatoms. The molecule has 0 aromatic heterocycles. The second-order valence-corrected chi connectivity index (χ2v) is 9.05. The molecule has 37 heavy (non-hydrogen) atoms. The molecule has 1 saturated carbocycles. The van der Waals surface area contributed by atoms with Crippen LogP contribution in [0.5, 0.6) is 0 Å². The molecule has 2 fully saturated rings. The first-order valence-corrected chi connectivity index (χ1v) is 12.0. The normalized spacial score (nSPS) is 17.8. The van der Waals surface area contributed by atoms with Gasteiger partial charge in [-0.25, -0.2) is 9.59 Å². The predicted molar refractivity (Wildman–Crippen MR) is 133 cm³/mol. The van der Waals surface area contributed by atoms with Crippen LogP contribution in [0.3, 0.4) is 0 Å². The lowest BCUT2D eigenvalue weighted by atomic mass is 9.99. The van der Waals surface area contributed by atoms with Crippen molar-refractivity contribution in [3.05, 3.63) is 71.3 Å². The molecular formula is C26H29N5O6. The number of aliphatic imine (C=N–C) groups is 1. The van der Waals surface area contributed by atoms with Crippen LogP contribution in [0.4, 0.5) is 9.59 Å². The summed E-state index contributed by atoms with van der Waals surface area (Å²) in [6.07, 6.45) is 0.0712. The Morgan fingerprint density at radius 1 is 1.03 bits per heavy atom. The van der Waals surface area contributed by atoms with E-state index in [0.717, 1.165) is 24.0 Å². The Kier molecular flexibility index (Phi) is 8.02. The van der Waals surface area contributed by atoms with Crippen LogP contribution in [0.15, 0.2) is 59.6 Å². The van der Waals surface area contributed by atoms with Crippen LogP contribution in [0.1, 0.15) is 36.0 Å². The highest BCUT2D eigenvalue weighted by Gasteiger charge is 2.45. The number of amides is 4. The third kappa shape index (κ3) is 6.84. The van der Waals surface area contributed by atoms with Gasteiger partial charge in [0, 0.05) is 18.7 Å². The number of nitrogens with two attached hydrogens (primary N) is 1. The molecule has 4 amide bonds. The molecule has 2 atom stereocenters. The molecule has 1 heterocycles. The van der Waals surface area contributed by atoms with E-state index < -0.39 is 24.3 Å². The van der Waals surface area contributed by atoms with E-state index in [2.05, 4.69) is 15.6 Å². The summed E-state index contributed by atoms with van der Waals surface area (Å²) in [5.41, 5.74) is 8.08. The molecule has 2 aliphatic rings. The first-order valence-electron chi connectivity index (χ1n) is 12.0. The Balaban J connectivity index is 1.25. The first-order chi connectivity index (χ1) is 17.8. The smallest absolute Gasteiger partial charge is 0.435 e. The molecule has 1 aliphatic heterocycles. The summed E-state index contributed by atoms with van der Waals surface area (Å²) >= 11 is 0. The molecule has 2 aromatic carbocycles. The van der Waals surface area contributed by atoms with Gasteiger partial charge in [0.1, 0.15) is 24.5 Å². The average molecular weight is 508 g/mol. The molecule has 4 rings (SSSR count). The van der Waals surface area contributed by atoms with Crippen LogP contribution in [-0.4, -0.2) is 58.5 Å². The number of ether oxygens (including phenoxy) is 1. The number of likely N-dealkylation sites (tertiary alicyclic amines) is 1. The van der Waals surface area contributed by atoms with Gasteiger partial charge in [0.15, 0.2) is 0 Å². The van der Waals surface area contributed by atoms with Gasteiger partial charge in [0.25, 0.3) is 0 Å². The number of benzene rings is 2. The maximum absolute atomic E-state index is 12.8. The van der Waals surface area contributed by atoms with E-state index in [-0.39, 0.29) is 36.7 Å². The maximum atomic E-state index is 12.8.